The van der Waals surface area contributed by atoms with Crippen molar-refractivity contribution in [3.8, 4) is 16.8 Å². The molecule has 1 nitrogen and oxygen atoms in total. The van der Waals surface area contributed by atoms with Gasteiger partial charge in [-0.15, -0.1) is 0 Å². The van der Waals surface area contributed by atoms with Gasteiger partial charge in [0.2, 0.25) is 0 Å². The molecule has 0 aliphatic rings. The molecule has 4 aromatic carbocycles. The highest BCUT2D eigenvalue weighted by Gasteiger charge is 2.12. The van der Waals surface area contributed by atoms with Crippen LogP contribution in [0.1, 0.15) is 8.22 Å². The third kappa shape index (κ3) is 2.40. The van der Waals surface area contributed by atoms with Gasteiger partial charge >= 0.3 is 0 Å². The van der Waals surface area contributed by atoms with E-state index in [4.69, 9.17) is 19.8 Å². The molecule has 0 atom stereocenters. The van der Waals surface area contributed by atoms with Crippen LogP contribution in [0.5, 0.6) is 0 Å². The molecule has 124 valence electrons. The summed E-state index contributed by atoms with van der Waals surface area (Å²) in [5, 5.41) is 0.915. The van der Waals surface area contributed by atoms with Crippen molar-refractivity contribution in [2.75, 3.05) is 0 Å². The minimum Gasteiger partial charge on any atom is -0.309 e. The average molecular weight is 360 g/mol. The largest absolute Gasteiger partial charge is 0.309 e. The minimum absolute atomic E-state index is 0.00349. The van der Waals surface area contributed by atoms with Crippen molar-refractivity contribution in [1.82, 2.24) is 4.57 Å². The first-order valence-corrected chi connectivity index (χ1v) is 8.54. The number of halogens is 1. The highest BCUT2D eigenvalue weighted by atomic mass is 35.5. The van der Waals surface area contributed by atoms with Crippen LogP contribution in [0.15, 0.2) is 96.9 Å². The maximum Gasteiger partial charge on any atom is 0.0645 e. The van der Waals surface area contributed by atoms with E-state index in [1.165, 1.54) is 12.1 Å². The molecule has 0 aliphatic carbocycles. The van der Waals surface area contributed by atoms with Gasteiger partial charge in [0, 0.05) is 21.5 Å². The van der Waals surface area contributed by atoms with E-state index < -0.39 is 0 Å². The van der Waals surface area contributed by atoms with Crippen molar-refractivity contribution in [3.63, 3.8) is 0 Å². The van der Waals surface area contributed by atoms with Gasteiger partial charge in [-0.05, 0) is 41.4 Å². The Morgan fingerprint density at radius 2 is 1.35 bits per heavy atom. The van der Waals surface area contributed by atoms with E-state index in [2.05, 4.69) is 0 Å². The summed E-state index contributed by atoms with van der Waals surface area (Å²) in [5.74, 6) is 0. The van der Waals surface area contributed by atoms with Gasteiger partial charge in [0.15, 0.2) is 0 Å². The van der Waals surface area contributed by atoms with Crippen LogP contribution in [0, 0.1) is 0 Å². The smallest absolute Gasteiger partial charge is 0.0645 e. The van der Waals surface area contributed by atoms with Crippen LogP contribution in [0.2, 0.25) is 5.02 Å². The van der Waals surface area contributed by atoms with E-state index in [0.717, 1.165) is 11.1 Å². The zero-order valence-electron chi connectivity index (χ0n) is 19.6. The van der Waals surface area contributed by atoms with Crippen LogP contribution in [0.25, 0.3) is 38.6 Å². The van der Waals surface area contributed by atoms with E-state index in [1.54, 1.807) is 10.6 Å². The molecule has 0 fully saturated rings. The molecule has 0 unspecified atom stereocenters. The van der Waals surface area contributed by atoms with Crippen molar-refractivity contribution in [3.05, 3.63) is 102 Å². The lowest BCUT2D eigenvalue weighted by atomic mass is 10.1. The van der Waals surface area contributed by atoms with Crippen LogP contribution in [-0.4, -0.2) is 4.57 Å². The lowest BCUT2D eigenvalue weighted by molar-refractivity contribution is 1.18. The first-order valence-electron chi connectivity index (χ1n) is 11.2. The second-order valence-corrected chi connectivity index (χ2v) is 6.40. The fraction of sp³-hybridized carbons (Fsp3) is 0. The van der Waals surface area contributed by atoms with Crippen molar-refractivity contribution in [2.24, 2.45) is 0 Å². The molecular formula is C24H16ClN. The predicted octanol–water partition coefficient (Wildman–Crippen LogP) is 7.10. The first-order chi connectivity index (χ1) is 15.3. The molecule has 0 spiro atoms. The summed E-state index contributed by atoms with van der Waals surface area (Å²) in [5.41, 5.74) is 2.99. The Kier molecular flexibility index (Phi) is 2.37. The molecule has 2 heteroatoms. The summed E-state index contributed by atoms with van der Waals surface area (Å²) in [6.45, 7) is 0. The molecule has 0 saturated heterocycles. The number of rotatable bonds is 2. The van der Waals surface area contributed by atoms with Crippen molar-refractivity contribution < 1.29 is 8.22 Å². The summed E-state index contributed by atoms with van der Waals surface area (Å²) in [4.78, 5) is 0. The third-order valence-electron chi connectivity index (χ3n) is 4.38. The van der Waals surface area contributed by atoms with Gasteiger partial charge in [0.1, 0.15) is 0 Å². The molecular weight excluding hydrogens is 338 g/mol. The van der Waals surface area contributed by atoms with E-state index in [9.17, 15) is 0 Å². The molecule has 0 aliphatic heterocycles. The molecule has 0 bridgehead atoms. The average Bonchev–Trinajstić information content (AvgIpc) is 3.14. The maximum absolute atomic E-state index is 8.56. The molecule has 5 rings (SSSR count). The SMILES string of the molecule is [2H]c1cc([2H])c2c(c1[2H])c1c([2H])c([2H])cc([2H])c1n2-c1cc(Cl)cc(-c2ccccc2)c1. The molecule has 0 saturated carbocycles. The third-order valence-corrected chi connectivity index (χ3v) is 4.59. The molecule has 5 aromatic rings. The standard InChI is InChI=1S/C24H16ClN/c25-19-14-18(17-8-2-1-3-9-17)15-20(16-19)26-23-12-6-4-10-21(23)22-11-5-7-13-24(22)26/h1-16H/i4D,5D,10D,11D,12D,13D. The minimum atomic E-state index is -0.140. The summed E-state index contributed by atoms with van der Waals surface area (Å²) < 4.78 is 51.9. The summed E-state index contributed by atoms with van der Waals surface area (Å²) in [6, 6.07) is 17.1. The number of fused-ring (bicyclic) bond motifs is 3. The topological polar surface area (TPSA) is 4.93 Å². The number of hydrogen-bond donors (Lipinski definition) is 0. The van der Waals surface area contributed by atoms with Gasteiger partial charge in [-0.2, -0.15) is 0 Å². The summed E-state index contributed by atoms with van der Waals surface area (Å²) in [6.07, 6.45) is 0. The summed E-state index contributed by atoms with van der Waals surface area (Å²) >= 11 is 6.47. The van der Waals surface area contributed by atoms with E-state index in [-0.39, 0.29) is 47.0 Å². The van der Waals surface area contributed by atoms with Crippen molar-refractivity contribution in [2.45, 2.75) is 0 Å². The van der Waals surface area contributed by atoms with Gasteiger partial charge in [-0.3, -0.25) is 0 Å². The summed E-state index contributed by atoms with van der Waals surface area (Å²) in [7, 11) is 0. The number of aromatic nitrogens is 1. The van der Waals surface area contributed by atoms with Crippen LogP contribution in [-0.2, 0) is 0 Å². The Balaban J connectivity index is 1.99. The maximum atomic E-state index is 8.56. The number of hydrogen-bond acceptors (Lipinski definition) is 0. The Hall–Kier alpha value is -3.03. The zero-order chi connectivity index (χ0) is 22.7. The van der Waals surface area contributed by atoms with Crippen LogP contribution >= 0.6 is 11.6 Å². The number of nitrogens with zero attached hydrogens (tertiary/aromatic N) is 1. The fourth-order valence-corrected chi connectivity index (χ4v) is 3.50. The molecule has 1 heterocycles. The lowest BCUT2D eigenvalue weighted by Crippen LogP contribution is -1.94. The monoisotopic (exact) mass is 359 g/mol. The lowest BCUT2D eigenvalue weighted by Gasteiger charge is -2.11. The second-order valence-electron chi connectivity index (χ2n) is 5.96. The fourth-order valence-electron chi connectivity index (χ4n) is 3.27. The van der Waals surface area contributed by atoms with Crippen molar-refractivity contribution in [1.29, 1.82) is 0 Å². The van der Waals surface area contributed by atoms with Crippen LogP contribution < -0.4 is 0 Å². The quantitative estimate of drug-likeness (QED) is 0.316. The number of para-hydroxylation sites is 2. The Morgan fingerprint density at radius 3 is 2.00 bits per heavy atom. The normalized spacial score (nSPS) is 14.5. The number of benzene rings is 4. The van der Waals surface area contributed by atoms with Gasteiger partial charge in [-0.25, -0.2) is 0 Å². The van der Waals surface area contributed by atoms with E-state index in [0.29, 0.717) is 21.7 Å². The van der Waals surface area contributed by atoms with E-state index >= 15 is 0 Å². The second kappa shape index (κ2) is 6.05. The molecule has 0 amide bonds. The predicted molar refractivity (Wildman–Crippen MR) is 111 cm³/mol. The van der Waals surface area contributed by atoms with Gasteiger partial charge < -0.3 is 4.57 Å². The molecule has 26 heavy (non-hydrogen) atoms. The molecule has 1 aromatic heterocycles. The van der Waals surface area contributed by atoms with E-state index in [1.807, 2.05) is 42.5 Å². The zero-order valence-corrected chi connectivity index (χ0v) is 14.4. The molecule has 0 N–H and O–H groups in total. The van der Waals surface area contributed by atoms with Gasteiger partial charge in [0.05, 0.1) is 19.3 Å². The van der Waals surface area contributed by atoms with Crippen molar-refractivity contribution >= 4 is 33.4 Å². The first kappa shape index (κ1) is 10.2. The Morgan fingerprint density at radius 1 is 0.692 bits per heavy atom. The highest BCUT2D eigenvalue weighted by molar-refractivity contribution is 6.31. The van der Waals surface area contributed by atoms with Crippen LogP contribution in [0.4, 0.5) is 0 Å². The van der Waals surface area contributed by atoms with Crippen LogP contribution in [0.3, 0.4) is 0 Å². The van der Waals surface area contributed by atoms with Gasteiger partial charge in [0.25, 0.3) is 0 Å². The highest BCUT2D eigenvalue weighted by Crippen LogP contribution is 2.34. The van der Waals surface area contributed by atoms with Gasteiger partial charge in [-0.1, -0.05) is 78.2 Å². The Bertz CT molecular complexity index is 1470. The Labute approximate surface area is 165 Å². The molecule has 0 radical (unpaired) electrons.